The van der Waals surface area contributed by atoms with Gasteiger partial charge in [0.2, 0.25) is 0 Å². The Kier molecular flexibility index (Phi) is 2.86. The lowest BCUT2D eigenvalue weighted by Crippen LogP contribution is -1.84. The van der Waals surface area contributed by atoms with E-state index in [0.717, 1.165) is 21.8 Å². The van der Waals surface area contributed by atoms with Gasteiger partial charge in [-0.15, -0.1) is 11.3 Å². The molecular formula is C14H10FNOS. The Morgan fingerprint density at radius 1 is 1.11 bits per heavy atom. The number of benzene rings is 1. The van der Waals surface area contributed by atoms with Crippen LogP contribution in [-0.2, 0) is 0 Å². The van der Waals surface area contributed by atoms with Crippen molar-refractivity contribution >= 4 is 22.7 Å². The number of nitrogens with one attached hydrogen (secondary N) is 1. The predicted octanol–water partition coefficient (Wildman–Crippen LogP) is 4.89. The highest BCUT2D eigenvalue weighted by atomic mass is 32.1. The van der Waals surface area contributed by atoms with E-state index in [2.05, 4.69) is 5.32 Å². The Labute approximate surface area is 108 Å². The molecule has 0 spiro atoms. The lowest BCUT2D eigenvalue weighted by molar-refractivity contribution is 0.568. The molecule has 0 saturated carbocycles. The van der Waals surface area contributed by atoms with Gasteiger partial charge in [-0.3, -0.25) is 0 Å². The second kappa shape index (κ2) is 4.66. The summed E-state index contributed by atoms with van der Waals surface area (Å²) in [5.41, 5.74) is 2.76. The van der Waals surface area contributed by atoms with Gasteiger partial charge >= 0.3 is 0 Å². The number of hydrogen-bond donors (Lipinski definition) is 1. The Hall–Kier alpha value is -2.07. The molecule has 0 aliphatic carbocycles. The topological polar surface area (TPSA) is 25.2 Å². The third-order valence-corrected chi connectivity index (χ3v) is 3.50. The molecule has 0 aliphatic rings. The average Bonchev–Trinajstić information content (AvgIpc) is 3.01. The van der Waals surface area contributed by atoms with Crippen molar-refractivity contribution in [3.8, 4) is 10.4 Å². The van der Waals surface area contributed by atoms with Crippen molar-refractivity contribution in [1.82, 2.24) is 0 Å². The van der Waals surface area contributed by atoms with Crippen molar-refractivity contribution in [2.24, 2.45) is 0 Å². The standard InChI is InChI=1S/C14H10FNOS/c15-11-3-1-2-10(6-11)14-7-13(9-18-14)16-12-4-5-17-8-12/h1-9,16H. The minimum absolute atomic E-state index is 0.217. The largest absolute Gasteiger partial charge is 0.470 e. The van der Waals surface area contributed by atoms with Gasteiger partial charge in [-0.2, -0.15) is 0 Å². The summed E-state index contributed by atoms with van der Waals surface area (Å²) in [4.78, 5) is 1.03. The van der Waals surface area contributed by atoms with Crippen LogP contribution in [0.25, 0.3) is 10.4 Å². The van der Waals surface area contributed by atoms with Gasteiger partial charge in [0.05, 0.1) is 12.0 Å². The van der Waals surface area contributed by atoms with Gasteiger partial charge in [0, 0.05) is 15.9 Å². The second-order valence-corrected chi connectivity index (χ2v) is 4.76. The smallest absolute Gasteiger partial charge is 0.123 e. The molecule has 1 aromatic carbocycles. The Morgan fingerprint density at radius 2 is 2.06 bits per heavy atom. The minimum atomic E-state index is -0.217. The first-order chi connectivity index (χ1) is 8.81. The summed E-state index contributed by atoms with van der Waals surface area (Å²) in [6, 6.07) is 10.4. The van der Waals surface area contributed by atoms with Crippen molar-refractivity contribution in [3.63, 3.8) is 0 Å². The lowest BCUT2D eigenvalue weighted by atomic mass is 10.2. The molecule has 18 heavy (non-hydrogen) atoms. The van der Waals surface area contributed by atoms with Crippen LogP contribution >= 0.6 is 11.3 Å². The van der Waals surface area contributed by atoms with Crippen LogP contribution in [0, 0.1) is 5.82 Å². The molecule has 3 aromatic rings. The summed E-state index contributed by atoms with van der Waals surface area (Å²) in [6.45, 7) is 0. The summed E-state index contributed by atoms with van der Waals surface area (Å²) in [5.74, 6) is -0.217. The third kappa shape index (κ3) is 2.28. The number of hydrogen-bond acceptors (Lipinski definition) is 3. The number of furan rings is 1. The molecule has 0 radical (unpaired) electrons. The van der Waals surface area contributed by atoms with Gasteiger partial charge in [0.1, 0.15) is 12.1 Å². The monoisotopic (exact) mass is 259 g/mol. The average molecular weight is 259 g/mol. The van der Waals surface area contributed by atoms with E-state index in [1.807, 2.05) is 23.6 Å². The molecule has 1 N–H and O–H groups in total. The molecule has 0 amide bonds. The summed E-state index contributed by atoms with van der Waals surface area (Å²) < 4.78 is 18.1. The van der Waals surface area contributed by atoms with Crippen LogP contribution in [0.15, 0.2) is 58.7 Å². The number of anilines is 2. The van der Waals surface area contributed by atoms with E-state index in [9.17, 15) is 4.39 Å². The fourth-order valence-corrected chi connectivity index (χ4v) is 2.54. The Balaban J connectivity index is 1.85. The highest BCUT2D eigenvalue weighted by Gasteiger charge is 2.04. The minimum Gasteiger partial charge on any atom is -0.470 e. The van der Waals surface area contributed by atoms with Crippen LogP contribution in [0.3, 0.4) is 0 Å². The first kappa shape index (κ1) is 11.0. The first-order valence-electron chi connectivity index (χ1n) is 5.45. The van der Waals surface area contributed by atoms with Gasteiger partial charge in [-0.05, 0) is 29.8 Å². The van der Waals surface area contributed by atoms with E-state index in [0.29, 0.717) is 0 Å². The summed E-state index contributed by atoms with van der Waals surface area (Å²) in [5, 5.41) is 5.20. The zero-order valence-electron chi connectivity index (χ0n) is 9.39. The molecule has 90 valence electrons. The van der Waals surface area contributed by atoms with Gasteiger partial charge in [0.15, 0.2) is 0 Å². The predicted molar refractivity (Wildman–Crippen MR) is 71.7 cm³/mol. The van der Waals surface area contributed by atoms with E-state index in [1.165, 1.54) is 12.1 Å². The highest BCUT2D eigenvalue weighted by Crippen LogP contribution is 2.31. The van der Waals surface area contributed by atoms with Gasteiger partial charge in [-0.1, -0.05) is 12.1 Å². The fraction of sp³-hybridized carbons (Fsp3) is 0. The quantitative estimate of drug-likeness (QED) is 0.724. The molecule has 0 atom stereocenters. The van der Waals surface area contributed by atoms with Crippen molar-refractivity contribution < 1.29 is 8.81 Å². The third-order valence-electron chi connectivity index (χ3n) is 2.52. The van der Waals surface area contributed by atoms with Crippen molar-refractivity contribution in [2.75, 3.05) is 5.32 Å². The summed E-state index contributed by atoms with van der Waals surface area (Å²) in [7, 11) is 0. The van der Waals surface area contributed by atoms with E-state index in [1.54, 1.807) is 29.9 Å². The molecule has 2 aromatic heterocycles. The fourth-order valence-electron chi connectivity index (χ4n) is 1.70. The zero-order valence-corrected chi connectivity index (χ0v) is 10.2. The molecule has 0 unspecified atom stereocenters. The van der Waals surface area contributed by atoms with Crippen LogP contribution in [-0.4, -0.2) is 0 Å². The van der Waals surface area contributed by atoms with Crippen molar-refractivity contribution in [2.45, 2.75) is 0 Å². The Bertz CT molecular complexity index is 645. The van der Waals surface area contributed by atoms with Gasteiger partial charge in [0.25, 0.3) is 0 Å². The van der Waals surface area contributed by atoms with E-state index in [4.69, 9.17) is 4.42 Å². The molecule has 0 saturated heterocycles. The maximum absolute atomic E-state index is 13.1. The molecule has 2 nitrogen and oxygen atoms in total. The first-order valence-corrected chi connectivity index (χ1v) is 6.33. The Morgan fingerprint density at radius 3 is 2.83 bits per heavy atom. The maximum atomic E-state index is 13.1. The number of halogens is 1. The van der Waals surface area contributed by atoms with E-state index >= 15 is 0 Å². The molecule has 2 heterocycles. The van der Waals surface area contributed by atoms with Crippen LogP contribution in [0.2, 0.25) is 0 Å². The zero-order chi connectivity index (χ0) is 12.4. The molecule has 0 aliphatic heterocycles. The van der Waals surface area contributed by atoms with Crippen LogP contribution in [0.5, 0.6) is 0 Å². The normalized spacial score (nSPS) is 10.5. The van der Waals surface area contributed by atoms with Gasteiger partial charge < -0.3 is 9.73 Å². The molecule has 3 rings (SSSR count). The molecule has 4 heteroatoms. The number of thiophene rings is 1. The van der Waals surface area contributed by atoms with E-state index in [-0.39, 0.29) is 5.82 Å². The molecule has 0 bridgehead atoms. The lowest BCUT2D eigenvalue weighted by Gasteiger charge is -1.98. The van der Waals surface area contributed by atoms with Crippen molar-refractivity contribution in [1.29, 1.82) is 0 Å². The summed E-state index contributed by atoms with van der Waals surface area (Å²) in [6.07, 6.45) is 3.25. The number of rotatable bonds is 3. The highest BCUT2D eigenvalue weighted by molar-refractivity contribution is 7.14. The summed E-state index contributed by atoms with van der Waals surface area (Å²) >= 11 is 1.57. The SMILES string of the molecule is Fc1cccc(-c2cc(Nc3ccoc3)cs2)c1. The molecular weight excluding hydrogens is 249 g/mol. The second-order valence-electron chi connectivity index (χ2n) is 3.85. The van der Waals surface area contributed by atoms with Crippen LogP contribution in [0.1, 0.15) is 0 Å². The van der Waals surface area contributed by atoms with Crippen LogP contribution in [0.4, 0.5) is 15.8 Å². The van der Waals surface area contributed by atoms with Crippen molar-refractivity contribution in [3.05, 3.63) is 60.1 Å². The van der Waals surface area contributed by atoms with Gasteiger partial charge in [-0.25, -0.2) is 4.39 Å². The van der Waals surface area contributed by atoms with Crippen LogP contribution < -0.4 is 5.32 Å². The van der Waals surface area contributed by atoms with E-state index < -0.39 is 0 Å². The molecule has 0 fully saturated rings. The maximum Gasteiger partial charge on any atom is 0.123 e.